The van der Waals surface area contributed by atoms with Gasteiger partial charge in [0.2, 0.25) is 0 Å². The summed E-state index contributed by atoms with van der Waals surface area (Å²) in [5.74, 6) is 0. The number of hydroxylamine groups is 5. The van der Waals surface area contributed by atoms with Gasteiger partial charge in [0, 0.05) is 23.9 Å². The van der Waals surface area contributed by atoms with Crippen molar-refractivity contribution >= 4 is 0 Å². The molecule has 1 heterocycles. The van der Waals surface area contributed by atoms with E-state index in [1.54, 1.807) is 14.1 Å². The molecule has 89 valence electrons. The van der Waals surface area contributed by atoms with Crippen LogP contribution in [-0.2, 0) is 5.21 Å². The minimum absolute atomic E-state index is 0.0141. The lowest BCUT2D eigenvalue weighted by molar-refractivity contribution is -0.870. The van der Waals surface area contributed by atoms with Crippen molar-refractivity contribution in [2.45, 2.75) is 57.7 Å². The van der Waals surface area contributed by atoms with Gasteiger partial charge >= 0.3 is 0 Å². The van der Waals surface area contributed by atoms with Crippen LogP contribution in [0.15, 0.2) is 0 Å². The largest absolute Gasteiger partial charge is 0.633 e. The lowest BCUT2D eigenvalue weighted by Gasteiger charge is -2.55. The number of nitrogens with zero attached hydrogens (tertiary/aromatic N) is 2. The Hall–Kier alpha value is -0.160. The fraction of sp³-hybridized carbons (Fsp3) is 1.00. The molecule has 0 amide bonds. The van der Waals surface area contributed by atoms with E-state index < -0.39 is 11.1 Å². The molecule has 0 aliphatic carbocycles. The molecule has 0 spiro atoms. The minimum atomic E-state index is -0.438. The van der Waals surface area contributed by atoms with Gasteiger partial charge in [-0.05, 0) is 27.7 Å². The number of hydrogen-bond donors (Lipinski definition) is 0. The quantitative estimate of drug-likeness (QED) is 0.495. The zero-order valence-electron chi connectivity index (χ0n) is 10.7. The van der Waals surface area contributed by atoms with Crippen molar-refractivity contribution < 1.29 is 9.85 Å². The van der Waals surface area contributed by atoms with Gasteiger partial charge in [0.05, 0.1) is 20.1 Å². The third kappa shape index (κ3) is 2.50. The highest BCUT2D eigenvalue weighted by Gasteiger charge is 2.49. The van der Waals surface area contributed by atoms with Crippen molar-refractivity contribution in [2.75, 3.05) is 14.1 Å². The van der Waals surface area contributed by atoms with Crippen LogP contribution in [0, 0.1) is 5.21 Å². The first kappa shape index (κ1) is 12.9. The van der Waals surface area contributed by atoms with Crippen molar-refractivity contribution in [2.24, 2.45) is 0 Å². The molecular formula is C11H23N2O2. The fourth-order valence-corrected chi connectivity index (χ4v) is 2.65. The average Bonchev–Trinajstić information content (AvgIpc) is 1.97. The molecule has 4 heteroatoms. The maximum Gasteiger partial charge on any atom is 0.0920 e. The van der Waals surface area contributed by atoms with E-state index in [0.29, 0.717) is 12.8 Å². The zero-order valence-corrected chi connectivity index (χ0v) is 10.7. The molecule has 0 N–H and O–H groups in total. The monoisotopic (exact) mass is 215 g/mol. The van der Waals surface area contributed by atoms with Crippen LogP contribution in [0.3, 0.4) is 0 Å². The van der Waals surface area contributed by atoms with Crippen LogP contribution in [0.1, 0.15) is 40.5 Å². The first-order valence-electron chi connectivity index (χ1n) is 5.49. The molecule has 0 unspecified atom stereocenters. The fourth-order valence-electron chi connectivity index (χ4n) is 2.65. The molecule has 1 radical (unpaired) electrons. The Morgan fingerprint density at radius 2 is 1.47 bits per heavy atom. The third-order valence-corrected chi connectivity index (χ3v) is 3.45. The maximum absolute atomic E-state index is 12.0. The predicted molar refractivity (Wildman–Crippen MR) is 59.2 cm³/mol. The molecule has 0 atom stereocenters. The van der Waals surface area contributed by atoms with E-state index in [-0.39, 0.29) is 10.7 Å². The summed E-state index contributed by atoms with van der Waals surface area (Å²) in [6, 6.07) is 0.0141. The molecule has 4 nitrogen and oxygen atoms in total. The summed E-state index contributed by atoms with van der Waals surface area (Å²) in [6.45, 7) is 7.68. The van der Waals surface area contributed by atoms with E-state index in [4.69, 9.17) is 0 Å². The van der Waals surface area contributed by atoms with Crippen LogP contribution in [0.25, 0.3) is 0 Å². The van der Waals surface area contributed by atoms with Crippen molar-refractivity contribution in [3.05, 3.63) is 5.21 Å². The van der Waals surface area contributed by atoms with Gasteiger partial charge in [0.1, 0.15) is 0 Å². The summed E-state index contributed by atoms with van der Waals surface area (Å²) >= 11 is 0. The van der Waals surface area contributed by atoms with Crippen molar-refractivity contribution in [3.8, 4) is 0 Å². The van der Waals surface area contributed by atoms with Gasteiger partial charge in [-0.25, -0.2) is 0 Å². The summed E-state index contributed by atoms with van der Waals surface area (Å²) in [5, 5.41) is 25.2. The Morgan fingerprint density at radius 3 is 1.73 bits per heavy atom. The topological polar surface area (TPSA) is 46.2 Å². The summed E-state index contributed by atoms with van der Waals surface area (Å²) in [6.07, 6.45) is 1.33. The van der Waals surface area contributed by atoms with E-state index in [1.807, 2.05) is 27.7 Å². The van der Waals surface area contributed by atoms with Gasteiger partial charge < -0.3 is 9.85 Å². The van der Waals surface area contributed by atoms with Gasteiger partial charge in [0.25, 0.3) is 0 Å². The molecule has 1 fully saturated rings. The minimum Gasteiger partial charge on any atom is -0.633 e. The van der Waals surface area contributed by atoms with E-state index >= 15 is 0 Å². The van der Waals surface area contributed by atoms with E-state index in [9.17, 15) is 10.4 Å². The first-order valence-corrected chi connectivity index (χ1v) is 5.49. The van der Waals surface area contributed by atoms with Crippen LogP contribution >= 0.6 is 0 Å². The second-order valence-electron chi connectivity index (χ2n) is 6.42. The smallest absolute Gasteiger partial charge is 0.0920 e. The third-order valence-electron chi connectivity index (χ3n) is 3.45. The van der Waals surface area contributed by atoms with Crippen molar-refractivity contribution in [1.82, 2.24) is 5.06 Å². The van der Waals surface area contributed by atoms with E-state index in [2.05, 4.69) is 0 Å². The van der Waals surface area contributed by atoms with E-state index in [0.717, 1.165) is 5.06 Å². The molecule has 1 rings (SSSR count). The van der Waals surface area contributed by atoms with Gasteiger partial charge in [-0.15, -0.1) is 10.3 Å². The molecule has 0 saturated carbocycles. The number of piperidine rings is 1. The highest BCUT2D eigenvalue weighted by Crippen LogP contribution is 2.39. The zero-order chi connectivity index (χ0) is 12.1. The SMILES string of the molecule is CC1(C)CC([N+](C)(C)[O-])CC(C)(C)N1[O]. The molecular weight excluding hydrogens is 192 g/mol. The average molecular weight is 215 g/mol. The lowest BCUT2D eigenvalue weighted by atomic mass is 9.78. The number of rotatable bonds is 1. The van der Waals surface area contributed by atoms with E-state index in [1.165, 1.54) is 0 Å². The summed E-state index contributed by atoms with van der Waals surface area (Å²) < 4.78 is -0.305. The van der Waals surface area contributed by atoms with Crippen LogP contribution in [-0.4, -0.2) is 40.9 Å². The molecule has 1 aliphatic rings. The van der Waals surface area contributed by atoms with Crippen molar-refractivity contribution in [1.29, 1.82) is 0 Å². The Kier molecular flexibility index (Phi) is 2.94. The molecule has 0 aromatic rings. The molecule has 0 aromatic carbocycles. The highest BCUT2D eigenvalue weighted by atomic mass is 16.5. The summed E-state index contributed by atoms with van der Waals surface area (Å²) in [4.78, 5) is 0. The van der Waals surface area contributed by atoms with Gasteiger partial charge in [0.15, 0.2) is 0 Å². The molecule has 1 saturated heterocycles. The Morgan fingerprint density at radius 1 is 1.13 bits per heavy atom. The maximum atomic E-state index is 12.0. The predicted octanol–water partition coefficient (Wildman–Crippen LogP) is 1.93. The standard InChI is InChI=1S/C11H23N2O2/c1-10(2)7-9(13(5,6)15)8-11(3,4)12(10)14/h9H,7-8H2,1-6H3. The molecule has 0 bridgehead atoms. The second kappa shape index (κ2) is 3.42. The van der Waals surface area contributed by atoms with Crippen LogP contribution < -0.4 is 0 Å². The van der Waals surface area contributed by atoms with Crippen LogP contribution in [0.2, 0.25) is 0 Å². The summed E-state index contributed by atoms with van der Waals surface area (Å²) in [7, 11) is 3.33. The Balaban J connectivity index is 2.94. The summed E-state index contributed by atoms with van der Waals surface area (Å²) in [5.41, 5.74) is -0.876. The Labute approximate surface area is 92.6 Å². The van der Waals surface area contributed by atoms with Crippen LogP contribution in [0.4, 0.5) is 0 Å². The molecule has 1 aliphatic heterocycles. The number of hydrogen-bond acceptors (Lipinski definition) is 2. The van der Waals surface area contributed by atoms with Gasteiger partial charge in [-0.2, -0.15) is 0 Å². The highest BCUT2D eigenvalue weighted by molar-refractivity contribution is 4.96. The Bertz CT molecular complexity index is 225. The molecule has 0 aromatic heterocycles. The first-order chi connectivity index (χ1) is 6.47. The number of quaternary nitrogens is 1. The second-order valence-corrected chi connectivity index (χ2v) is 6.42. The normalized spacial score (nSPS) is 28.0. The molecule has 15 heavy (non-hydrogen) atoms. The van der Waals surface area contributed by atoms with Gasteiger partial charge in [-0.1, -0.05) is 0 Å². The van der Waals surface area contributed by atoms with Crippen molar-refractivity contribution in [3.63, 3.8) is 0 Å². The lowest BCUT2D eigenvalue weighted by Crippen LogP contribution is -2.64. The van der Waals surface area contributed by atoms with Crippen LogP contribution in [0.5, 0.6) is 0 Å². The van der Waals surface area contributed by atoms with Gasteiger partial charge in [-0.3, -0.25) is 0 Å².